The molecule has 0 atom stereocenters. The van der Waals surface area contributed by atoms with E-state index in [0.29, 0.717) is 36.1 Å². The van der Waals surface area contributed by atoms with Crippen molar-refractivity contribution in [2.24, 2.45) is 0 Å². The summed E-state index contributed by atoms with van der Waals surface area (Å²) in [6.07, 6.45) is 1.33. The lowest BCUT2D eigenvalue weighted by atomic mass is 9.98. The second kappa shape index (κ2) is 8.90. The monoisotopic (exact) mass is 453 g/mol. The number of aromatic hydroxyl groups is 1. The minimum Gasteiger partial charge on any atom is -0.507 e. The summed E-state index contributed by atoms with van der Waals surface area (Å²) in [5, 5.41) is 24.4. The van der Waals surface area contributed by atoms with Gasteiger partial charge in [-0.1, -0.05) is 42.5 Å². The number of benzene rings is 4. The number of carboxylic acids is 1. The molecule has 1 amide bonds. The minimum atomic E-state index is -0.976. The predicted octanol–water partition coefficient (Wildman–Crippen LogP) is 4.70. The van der Waals surface area contributed by atoms with E-state index in [1.165, 1.54) is 0 Å². The van der Waals surface area contributed by atoms with E-state index in [9.17, 15) is 14.7 Å². The van der Waals surface area contributed by atoms with Crippen molar-refractivity contribution in [3.8, 4) is 11.5 Å². The lowest BCUT2D eigenvalue weighted by molar-refractivity contribution is 0.0696. The number of carboxylic acid groups (broad SMARTS) is 1. The molecule has 3 N–H and O–H groups in total. The van der Waals surface area contributed by atoms with Crippen LogP contribution >= 0.6 is 0 Å². The minimum absolute atomic E-state index is 0.119. The Hall–Kier alpha value is -4.32. The molecule has 4 aromatic rings. The van der Waals surface area contributed by atoms with E-state index in [0.717, 1.165) is 34.2 Å². The first-order valence-corrected chi connectivity index (χ1v) is 11.1. The van der Waals surface area contributed by atoms with E-state index < -0.39 is 5.97 Å². The molecule has 0 unspecified atom stereocenters. The van der Waals surface area contributed by atoms with Gasteiger partial charge in [-0.3, -0.25) is 4.79 Å². The molecule has 0 radical (unpaired) electrons. The van der Waals surface area contributed by atoms with E-state index in [2.05, 4.69) is 11.4 Å². The quantitative estimate of drug-likeness (QED) is 0.393. The standard InChI is InChI=1S/C28H23NO5/c30-26-22(13-17-1-4-20(5-2-17)28(32)33)8-6-19-7-9-23(15-24(19)26)27(31)29-16-18-3-10-25-21(14-18)11-12-34-25/h1-10,14-15,30H,11-13,16H2,(H,29,31)(H,32,33). The SMILES string of the molecule is O=C(O)c1ccc(Cc2ccc3ccc(C(=O)NCc4ccc5c(c4)CCO5)cc3c2O)cc1. The number of aromatic carboxylic acids is 1. The zero-order valence-electron chi connectivity index (χ0n) is 18.4. The van der Waals surface area contributed by atoms with Crippen molar-refractivity contribution >= 4 is 22.6 Å². The summed E-state index contributed by atoms with van der Waals surface area (Å²) >= 11 is 0. The van der Waals surface area contributed by atoms with Gasteiger partial charge in [0, 0.05) is 30.3 Å². The molecule has 0 saturated carbocycles. The first kappa shape index (κ1) is 21.5. The number of amides is 1. The average molecular weight is 453 g/mol. The Bertz CT molecular complexity index is 1410. The number of carbonyl (C=O) groups excluding carboxylic acids is 1. The molecule has 1 heterocycles. The summed E-state index contributed by atoms with van der Waals surface area (Å²) < 4.78 is 5.53. The van der Waals surface area contributed by atoms with Gasteiger partial charge in [0.25, 0.3) is 5.91 Å². The summed E-state index contributed by atoms with van der Waals surface area (Å²) in [5.41, 5.74) is 4.44. The molecule has 1 aliphatic heterocycles. The van der Waals surface area contributed by atoms with Crippen LogP contribution in [0.25, 0.3) is 10.8 Å². The van der Waals surface area contributed by atoms with Gasteiger partial charge in [0.1, 0.15) is 11.5 Å². The number of hydrogen-bond acceptors (Lipinski definition) is 4. The van der Waals surface area contributed by atoms with Crippen molar-refractivity contribution in [1.29, 1.82) is 0 Å². The molecule has 0 saturated heterocycles. The van der Waals surface area contributed by atoms with Crippen LogP contribution in [0.1, 0.15) is 43.0 Å². The summed E-state index contributed by atoms with van der Waals surface area (Å²) in [7, 11) is 0. The fourth-order valence-electron chi connectivity index (χ4n) is 4.25. The van der Waals surface area contributed by atoms with Gasteiger partial charge in [0.15, 0.2) is 0 Å². The largest absolute Gasteiger partial charge is 0.507 e. The van der Waals surface area contributed by atoms with E-state index in [4.69, 9.17) is 9.84 Å². The van der Waals surface area contributed by atoms with E-state index >= 15 is 0 Å². The zero-order chi connectivity index (χ0) is 23.7. The summed E-state index contributed by atoms with van der Waals surface area (Å²) in [6.45, 7) is 1.10. The Morgan fingerprint density at radius 2 is 1.62 bits per heavy atom. The zero-order valence-corrected chi connectivity index (χ0v) is 18.4. The fraction of sp³-hybridized carbons (Fsp3) is 0.143. The highest BCUT2D eigenvalue weighted by Crippen LogP contribution is 2.31. The lowest BCUT2D eigenvalue weighted by Gasteiger charge is -2.11. The molecule has 170 valence electrons. The molecule has 6 heteroatoms. The highest BCUT2D eigenvalue weighted by Gasteiger charge is 2.14. The number of phenolic OH excluding ortho intramolecular Hbond substituents is 1. The third kappa shape index (κ3) is 4.30. The molecular weight excluding hydrogens is 430 g/mol. The van der Waals surface area contributed by atoms with Gasteiger partial charge in [-0.2, -0.15) is 0 Å². The Morgan fingerprint density at radius 1 is 0.882 bits per heavy atom. The average Bonchev–Trinajstić information content (AvgIpc) is 3.32. The third-order valence-corrected chi connectivity index (χ3v) is 6.14. The second-order valence-electron chi connectivity index (χ2n) is 8.41. The number of ether oxygens (including phenoxy) is 1. The van der Waals surface area contributed by atoms with Crippen molar-refractivity contribution in [2.45, 2.75) is 19.4 Å². The van der Waals surface area contributed by atoms with Crippen molar-refractivity contribution in [1.82, 2.24) is 5.32 Å². The predicted molar refractivity (Wildman–Crippen MR) is 129 cm³/mol. The summed E-state index contributed by atoms with van der Waals surface area (Å²) in [6, 6.07) is 21.5. The first-order valence-electron chi connectivity index (χ1n) is 11.1. The van der Waals surface area contributed by atoms with Crippen LogP contribution in [0.4, 0.5) is 0 Å². The van der Waals surface area contributed by atoms with Crippen LogP contribution in [0.2, 0.25) is 0 Å². The molecule has 4 aromatic carbocycles. The maximum atomic E-state index is 12.8. The van der Waals surface area contributed by atoms with E-state index in [1.807, 2.05) is 30.3 Å². The molecule has 1 aliphatic rings. The Kier molecular flexibility index (Phi) is 5.64. The van der Waals surface area contributed by atoms with Gasteiger partial charge in [-0.25, -0.2) is 4.79 Å². The molecule has 0 aliphatic carbocycles. The fourth-order valence-corrected chi connectivity index (χ4v) is 4.25. The lowest BCUT2D eigenvalue weighted by Crippen LogP contribution is -2.22. The Labute approximate surface area is 196 Å². The number of carbonyl (C=O) groups is 2. The van der Waals surface area contributed by atoms with Gasteiger partial charge < -0.3 is 20.3 Å². The smallest absolute Gasteiger partial charge is 0.335 e. The van der Waals surface area contributed by atoms with Crippen molar-refractivity contribution in [3.05, 3.63) is 106 Å². The van der Waals surface area contributed by atoms with Crippen molar-refractivity contribution in [3.63, 3.8) is 0 Å². The van der Waals surface area contributed by atoms with Crippen molar-refractivity contribution in [2.75, 3.05) is 6.61 Å². The van der Waals surface area contributed by atoms with Gasteiger partial charge in [0.2, 0.25) is 0 Å². The van der Waals surface area contributed by atoms with E-state index in [-0.39, 0.29) is 17.2 Å². The molecule has 0 aromatic heterocycles. The van der Waals surface area contributed by atoms with E-state index in [1.54, 1.807) is 36.4 Å². The maximum absolute atomic E-state index is 12.8. The molecule has 6 nitrogen and oxygen atoms in total. The van der Waals surface area contributed by atoms with Crippen molar-refractivity contribution < 1.29 is 24.5 Å². The second-order valence-corrected chi connectivity index (χ2v) is 8.41. The van der Waals surface area contributed by atoms with Gasteiger partial charge in [0.05, 0.1) is 12.2 Å². The molecular formula is C28H23NO5. The number of phenols is 1. The first-order chi connectivity index (χ1) is 16.5. The molecule has 0 bridgehead atoms. The highest BCUT2D eigenvalue weighted by molar-refractivity contribution is 6.00. The Balaban J connectivity index is 1.34. The highest BCUT2D eigenvalue weighted by atomic mass is 16.5. The van der Waals surface area contributed by atoms with Gasteiger partial charge in [-0.05, 0) is 58.0 Å². The molecule has 5 rings (SSSR count). The van der Waals surface area contributed by atoms with Crippen LogP contribution in [0.3, 0.4) is 0 Å². The topological polar surface area (TPSA) is 95.9 Å². The van der Waals surface area contributed by atoms with Crippen LogP contribution in [0, 0.1) is 0 Å². The number of fused-ring (bicyclic) bond motifs is 2. The number of hydrogen-bond donors (Lipinski definition) is 3. The summed E-state index contributed by atoms with van der Waals surface area (Å²) in [4.78, 5) is 23.9. The maximum Gasteiger partial charge on any atom is 0.335 e. The number of nitrogens with one attached hydrogen (secondary N) is 1. The Morgan fingerprint density at radius 3 is 2.41 bits per heavy atom. The molecule has 0 fully saturated rings. The molecule has 0 spiro atoms. The van der Waals surface area contributed by atoms with Crippen LogP contribution in [0.5, 0.6) is 11.5 Å². The molecule has 34 heavy (non-hydrogen) atoms. The van der Waals surface area contributed by atoms with Crippen LogP contribution in [-0.2, 0) is 19.4 Å². The summed E-state index contributed by atoms with van der Waals surface area (Å²) in [5.74, 6) is -0.161. The van der Waals surface area contributed by atoms with Gasteiger partial charge >= 0.3 is 5.97 Å². The third-order valence-electron chi connectivity index (χ3n) is 6.14. The van der Waals surface area contributed by atoms with Crippen LogP contribution in [0.15, 0.2) is 72.8 Å². The number of rotatable bonds is 6. The normalized spacial score (nSPS) is 12.2. The van der Waals surface area contributed by atoms with Crippen LogP contribution < -0.4 is 10.1 Å². The van der Waals surface area contributed by atoms with Gasteiger partial charge in [-0.15, -0.1) is 0 Å². The van der Waals surface area contributed by atoms with Crippen LogP contribution in [-0.4, -0.2) is 28.7 Å².